The van der Waals surface area contributed by atoms with E-state index in [1.807, 2.05) is 36.4 Å². The van der Waals surface area contributed by atoms with Gasteiger partial charge in [-0.3, -0.25) is 9.59 Å². The Morgan fingerprint density at radius 1 is 0.935 bits per heavy atom. The van der Waals surface area contributed by atoms with Crippen LogP contribution in [0.3, 0.4) is 0 Å². The van der Waals surface area contributed by atoms with Crippen molar-refractivity contribution in [1.82, 2.24) is 15.3 Å². The number of fused-ring (bicyclic) bond motifs is 1. The summed E-state index contributed by atoms with van der Waals surface area (Å²) in [7, 11) is 2.95. The van der Waals surface area contributed by atoms with Crippen molar-refractivity contribution in [3.63, 3.8) is 0 Å². The summed E-state index contributed by atoms with van der Waals surface area (Å²) in [6.07, 6.45) is 6.43. The molecule has 1 N–H and O–H groups in total. The first-order valence-corrected chi connectivity index (χ1v) is 10.4. The predicted octanol–water partition coefficient (Wildman–Crippen LogP) is 3.77. The number of methoxy groups -OCH3 is 2. The Bertz CT molecular complexity index is 1090. The zero-order valence-electron chi connectivity index (χ0n) is 17.6. The Hall–Kier alpha value is -3.48. The third-order valence-corrected chi connectivity index (χ3v) is 5.89. The Labute approximate surface area is 180 Å². The minimum atomic E-state index is -0.158. The van der Waals surface area contributed by atoms with Crippen LogP contribution >= 0.6 is 0 Å². The summed E-state index contributed by atoms with van der Waals surface area (Å²) in [4.78, 5) is 33.2. The van der Waals surface area contributed by atoms with Crippen LogP contribution in [0.2, 0.25) is 0 Å². The smallest absolute Gasteiger partial charge is 0.316 e. The molecule has 0 unspecified atom stereocenters. The monoisotopic (exact) mass is 419 g/mol. The number of esters is 1. The van der Waals surface area contributed by atoms with Gasteiger partial charge in [0.15, 0.2) is 0 Å². The van der Waals surface area contributed by atoms with Gasteiger partial charge in [-0.1, -0.05) is 30.3 Å². The highest BCUT2D eigenvalue weighted by Crippen LogP contribution is 2.31. The molecule has 1 aliphatic carbocycles. The van der Waals surface area contributed by atoms with Crippen LogP contribution in [0.15, 0.2) is 48.8 Å². The quantitative estimate of drug-likeness (QED) is 0.633. The molecular weight excluding hydrogens is 394 g/mol. The molecule has 0 radical (unpaired) electrons. The van der Waals surface area contributed by atoms with E-state index in [9.17, 15) is 9.59 Å². The van der Waals surface area contributed by atoms with Crippen molar-refractivity contribution in [1.29, 1.82) is 0 Å². The molecule has 0 spiro atoms. The number of rotatable bonds is 5. The molecule has 160 valence electrons. The van der Waals surface area contributed by atoms with E-state index in [4.69, 9.17) is 9.47 Å². The van der Waals surface area contributed by atoms with Crippen molar-refractivity contribution in [3.8, 4) is 17.1 Å². The molecule has 0 saturated heterocycles. The first-order valence-electron chi connectivity index (χ1n) is 10.4. The second-order valence-corrected chi connectivity index (χ2v) is 7.71. The van der Waals surface area contributed by atoms with Crippen molar-refractivity contribution in [2.45, 2.75) is 31.7 Å². The van der Waals surface area contributed by atoms with Gasteiger partial charge in [0.05, 0.1) is 20.1 Å². The van der Waals surface area contributed by atoms with Crippen molar-refractivity contribution >= 4 is 22.6 Å². The van der Waals surface area contributed by atoms with Gasteiger partial charge >= 0.3 is 12.0 Å². The van der Waals surface area contributed by atoms with E-state index in [-0.39, 0.29) is 23.8 Å². The molecule has 0 aliphatic heterocycles. The summed E-state index contributed by atoms with van der Waals surface area (Å²) in [6.45, 7) is 0. The summed E-state index contributed by atoms with van der Waals surface area (Å²) >= 11 is 0. The number of aromatic nitrogens is 2. The molecule has 1 amide bonds. The molecule has 1 heterocycles. The van der Waals surface area contributed by atoms with E-state index < -0.39 is 0 Å². The second-order valence-electron chi connectivity index (χ2n) is 7.71. The minimum absolute atomic E-state index is 0.0573. The molecule has 1 fully saturated rings. The Kier molecular flexibility index (Phi) is 6.11. The van der Waals surface area contributed by atoms with Crippen molar-refractivity contribution in [2.24, 2.45) is 5.92 Å². The number of benzene rings is 2. The maximum atomic E-state index is 13.1. The van der Waals surface area contributed by atoms with Crippen molar-refractivity contribution in [3.05, 3.63) is 54.4 Å². The molecule has 31 heavy (non-hydrogen) atoms. The van der Waals surface area contributed by atoms with Gasteiger partial charge in [0.2, 0.25) is 0 Å². The fourth-order valence-electron chi connectivity index (χ4n) is 4.21. The fraction of sp³-hybridized carbons (Fsp3) is 0.333. The van der Waals surface area contributed by atoms with Gasteiger partial charge < -0.3 is 14.8 Å². The van der Waals surface area contributed by atoms with Crippen LogP contribution in [0.25, 0.3) is 21.9 Å². The van der Waals surface area contributed by atoms with Crippen LogP contribution < -0.4 is 10.1 Å². The number of amides is 1. The zero-order chi connectivity index (χ0) is 21.8. The molecule has 7 heteroatoms. The normalized spacial score (nSPS) is 18.4. The lowest BCUT2D eigenvalue weighted by atomic mass is 9.86. The second kappa shape index (κ2) is 9.12. The van der Waals surface area contributed by atoms with E-state index in [2.05, 4.69) is 15.3 Å². The SMILES string of the molecule is COC(=O)C1CCC(NC(=O)c2ccc(-c3cnc(OC)nc3)c3ccccc23)CC1. The number of hydrogen-bond donors (Lipinski definition) is 1. The lowest BCUT2D eigenvalue weighted by molar-refractivity contribution is -0.146. The Balaban J connectivity index is 1.56. The maximum absolute atomic E-state index is 13.1. The predicted molar refractivity (Wildman–Crippen MR) is 117 cm³/mol. The van der Waals surface area contributed by atoms with Crippen molar-refractivity contribution < 1.29 is 19.1 Å². The van der Waals surface area contributed by atoms with Crippen molar-refractivity contribution in [2.75, 3.05) is 14.2 Å². The highest BCUT2D eigenvalue weighted by atomic mass is 16.5. The molecule has 1 aliphatic rings. The lowest BCUT2D eigenvalue weighted by Gasteiger charge is -2.27. The van der Waals surface area contributed by atoms with E-state index in [1.54, 1.807) is 12.4 Å². The summed E-state index contributed by atoms with van der Waals surface area (Å²) in [5, 5.41) is 4.98. The van der Waals surface area contributed by atoms with Gasteiger partial charge in [0, 0.05) is 29.6 Å². The van der Waals surface area contributed by atoms with E-state index in [1.165, 1.54) is 14.2 Å². The number of nitrogens with zero attached hydrogens (tertiary/aromatic N) is 2. The van der Waals surface area contributed by atoms with Gasteiger partial charge in [0.1, 0.15) is 0 Å². The van der Waals surface area contributed by atoms with Gasteiger partial charge in [-0.05, 0) is 48.1 Å². The highest BCUT2D eigenvalue weighted by molar-refractivity contribution is 6.11. The summed E-state index contributed by atoms with van der Waals surface area (Å²) in [6, 6.07) is 12.0. The molecule has 1 saturated carbocycles. The average Bonchev–Trinajstić information content (AvgIpc) is 2.83. The molecule has 2 aromatic carbocycles. The first kappa shape index (κ1) is 20.8. The van der Waals surface area contributed by atoms with Gasteiger partial charge in [-0.2, -0.15) is 0 Å². The van der Waals surface area contributed by atoms with Gasteiger partial charge in [-0.25, -0.2) is 9.97 Å². The van der Waals surface area contributed by atoms with Gasteiger partial charge in [-0.15, -0.1) is 0 Å². The molecule has 1 aromatic heterocycles. The Morgan fingerprint density at radius 2 is 1.61 bits per heavy atom. The number of ether oxygens (including phenoxy) is 2. The van der Waals surface area contributed by atoms with Crippen LogP contribution in [0.4, 0.5) is 0 Å². The topological polar surface area (TPSA) is 90.4 Å². The van der Waals surface area contributed by atoms with Gasteiger partial charge in [0.25, 0.3) is 5.91 Å². The fourth-order valence-corrected chi connectivity index (χ4v) is 4.21. The minimum Gasteiger partial charge on any atom is -0.469 e. The van der Waals surface area contributed by atoms with E-state index >= 15 is 0 Å². The summed E-state index contributed by atoms with van der Waals surface area (Å²) in [5.41, 5.74) is 2.43. The standard InChI is InChI=1S/C24H25N3O4/c1-30-23(29)15-7-9-17(10-8-15)27-22(28)21-12-11-18(19-5-3-4-6-20(19)21)16-13-25-24(31-2)26-14-16/h3-6,11-15,17H,7-10H2,1-2H3,(H,27,28). The first-order chi connectivity index (χ1) is 15.1. The molecule has 0 atom stereocenters. The van der Waals surface area contributed by atoms with Crippen LogP contribution in [0, 0.1) is 5.92 Å². The van der Waals surface area contributed by atoms with E-state index in [0.717, 1.165) is 47.6 Å². The van der Waals surface area contributed by atoms with Crippen LogP contribution in [0.5, 0.6) is 6.01 Å². The third kappa shape index (κ3) is 4.35. The number of carbonyl (C=O) groups excluding carboxylic acids is 2. The lowest BCUT2D eigenvalue weighted by Crippen LogP contribution is -2.39. The molecule has 4 rings (SSSR count). The molecule has 0 bridgehead atoms. The Morgan fingerprint density at radius 3 is 2.26 bits per heavy atom. The average molecular weight is 419 g/mol. The summed E-state index contributed by atoms with van der Waals surface area (Å²) in [5.74, 6) is -0.325. The molecular formula is C24H25N3O4. The van der Waals surface area contributed by atoms with Crippen LogP contribution in [0.1, 0.15) is 36.0 Å². The molecule has 7 nitrogen and oxygen atoms in total. The molecule has 3 aromatic rings. The van der Waals surface area contributed by atoms with Crippen LogP contribution in [-0.4, -0.2) is 42.1 Å². The number of carbonyl (C=O) groups is 2. The number of nitrogens with one attached hydrogen (secondary N) is 1. The third-order valence-electron chi connectivity index (χ3n) is 5.89. The summed E-state index contributed by atoms with van der Waals surface area (Å²) < 4.78 is 9.88. The van der Waals surface area contributed by atoms with E-state index in [0.29, 0.717) is 11.6 Å². The zero-order valence-corrected chi connectivity index (χ0v) is 17.6. The van der Waals surface area contributed by atoms with Crippen LogP contribution in [-0.2, 0) is 9.53 Å². The largest absolute Gasteiger partial charge is 0.469 e. The number of hydrogen-bond acceptors (Lipinski definition) is 6. The maximum Gasteiger partial charge on any atom is 0.316 e. The highest BCUT2D eigenvalue weighted by Gasteiger charge is 2.28.